The summed E-state index contributed by atoms with van der Waals surface area (Å²) >= 11 is 5.84. The first-order valence-electron chi connectivity index (χ1n) is 11.7. The number of aryl methyl sites for hydroxylation is 1. The maximum absolute atomic E-state index is 13.5. The number of carbonyl (C=O) groups is 2. The number of aromatic nitrogens is 3. The third kappa shape index (κ3) is 5.70. The molecule has 2 aromatic heterocycles. The quantitative estimate of drug-likeness (QED) is 0.211. The zero-order valence-corrected chi connectivity index (χ0v) is 21.1. The fourth-order valence-corrected chi connectivity index (χ4v) is 4.14. The third-order valence-electron chi connectivity index (χ3n) is 5.80. The molecule has 11 heteroatoms. The number of anilines is 1. The average Bonchev–Trinajstić information content (AvgIpc) is 3.56. The lowest BCUT2D eigenvalue weighted by Gasteiger charge is -2.06. The standard InChI is InChI=1S/C28H20ClF2N5O3/c1-15-33-26(18-9-7-17(8-10-18)16-5-3-2-4-6-16)24(39-15)14-32-28(38)23-13-25(36-35-23)34-27(37)19-11-21(30)22(31)12-20(19)29/h2-13H,14H2,1H3,(H,32,38)(H2,34,35,36,37). The monoisotopic (exact) mass is 547 g/mol. The molecular weight excluding hydrogens is 528 g/mol. The number of oxazole rings is 1. The van der Waals surface area contributed by atoms with Gasteiger partial charge in [-0.3, -0.25) is 14.7 Å². The number of aromatic amines is 1. The van der Waals surface area contributed by atoms with E-state index in [4.69, 9.17) is 16.0 Å². The Morgan fingerprint density at radius 3 is 2.33 bits per heavy atom. The minimum absolute atomic E-state index is 0.0133. The number of halogens is 3. The predicted molar refractivity (Wildman–Crippen MR) is 141 cm³/mol. The van der Waals surface area contributed by atoms with Crippen LogP contribution in [-0.2, 0) is 6.54 Å². The van der Waals surface area contributed by atoms with Crippen LogP contribution in [0.3, 0.4) is 0 Å². The maximum Gasteiger partial charge on any atom is 0.269 e. The van der Waals surface area contributed by atoms with Crippen molar-refractivity contribution in [3.63, 3.8) is 0 Å². The second kappa shape index (κ2) is 10.9. The number of amides is 2. The van der Waals surface area contributed by atoms with E-state index >= 15 is 0 Å². The molecule has 0 aliphatic carbocycles. The van der Waals surface area contributed by atoms with E-state index in [-0.39, 0.29) is 28.6 Å². The van der Waals surface area contributed by atoms with Crippen molar-refractivity contribution in [2.45, 2.75) is 13.5 Å². The zero-order chi connectivity index (χ0) is 27.5. The lowest BCUT2D eigenvalue weighted by Crippen LogP contribution is -2.23. The van der Waals surface area contributed by atoms with Gasteiger partial charge in [-0.2, -0.15) is 5.10 Å². The fraction of sp³-hybridized carbons (Fsp3) is 0.0714. The summed E-state index contributed by atoms with van der Waals surface area (Å²) in [6.45, 7) is 1.76. The summed E-state index contributed by atoms with van der Waals surface area (Å²) in [5, 5.41) is 11.2. The largest absolute Gasteiger partial charge is 0.443 e. The van der Waals surface area contributed by atoms with E-state index in [0.29, 0.717) is 29.5 Å². The molecule has 8 nitrogen and oxygen atoms in total. The molecule has 0 spiro atoms. The van der Waals surface area contributed by atoms with Crippen molar-refractivity contribution < 1.29 is 22.8 Å². The van der Waals surface area contributed by atoms with Gasteiger partial charge in [0.15, 0.2) is 29.1 Å². The van der Waals surface area contributed by atoms with E-state index < -0.39 is 23.4 Å². The van der Waals surface area contributed by atoms with Crippen molar-refractivity contribution in [3.8, 4) is 22.4 Å². The summed E-state index contributed by atoms with van der Waals surface area (Å²) in [6, 6.07) is 20.5. The molecule has 0 aliphatic heterocycles. The van der Waals surface area contributed by atoms with Gasteiger partial charge in [0.05, 0.1) is 17.1 Å². The van der Waals surface area contributed by atoms with Gasteiger partial charge in [0.1, 0.15) is 11.4 Å². The van der Waals surface area contributed by atoms with Crippen LogP contribution in [0.4, 0.5) is 14.6 Å². The Balaban J connectivity index is 1.25. The van der Waals surface area contributed by atoms with Crippen molar-refractivity contribution >= 4 is 29.2 Å². The number of hydrogen-bond donors (Lipinski definition) is 3. The number of carbonyl (C=O) groups excluding carboxylic acids is 2. The molecule has 0 atom stereocenters. The Bertz CT molecular complexity index is 1670. The summed E-state index contributed by atoms with van der Waals surface area (Å²) in [5.74, 6) is -2.84. The molecule has 39 heavy (non-hydrogen) atoms. The number of hydrogen-bond acceptors (Lipinski definition) is 5. The van der Waals surface area contributed by atoms with Crippen LogP contribution >= 0.6 is 11.6 Å². The molecular formula is C28H20ClF2N5O3. The second-order valence-corrected chi connectivity index (χ2v) is 8.91. The minimum atomic E-state index is -1.22. The summed E-state index contributed by atoms with van der Waals surface area (Å²) in [4.78, 5) is 29.6. The second-order valence-electron chi connectivity index (χ2n) is 8.50. The van der Waals surface area contributed by atoms with Gasteiger partial charge in [0.2, 0.25) is 0 Å². The Morgan fingerprint density at radius 1 is 0.923 bits per heavy atom. The van der Waals surface area contributed by atoms with Crippen LogP contribution in [0.1, 0.15) is 32.5 Å². The van der Waals surface area contributed by atoms with Gasteiger partial charge in [0.25, 0.3) is 11.8 Å². The van der Waals surface area contributed by atoms with Gasteiger partial charge in [-0.1, -0.05) is 66.2 Å². The first kappa shape index (κ1) is 25.8. The molecule has 0 saturated heterocycles. The smallest absolute Gasteiger partial charge is 0.269 e. The van der Waals surface area contributed by atoms with E-state index in [1.807, 2.05) is 54.6 Å². The van der Waals surface area contributed by atoms with E-state index in [2.05, 4.69) is 25.8 Å². The lowest BCUT2D eigenvalue weighted by molar-refractivity contribution is 0.0942. The average molecular weight is 548 g/mol. The number of rotatable bonds is 7. The van der Waals surface area contributed by atoms with Crippen molar-refractivity contribution in [1.82, 2.24) is 20.5 Å². The molecule has 196 valence electrons. The highest BCUT2D eigenvalue weighted by Crippen LogP contribution is 2.27. The summed E-state index contributed by atoms with van der Waals surface area (Å²) in [5.41, 5.74) is 3.35. The summed E-state index contributed by atoms with van der Waals surface area (Å²) in [7, 11) is 0. The first-order valence-corrected chi connectivity index (χ1v) is 12.1. The number of nitrogens with one attached hydrogen (secondary N) is 3. The van der Waals surface area contributed by atoms with Gasteiger partial charge in [0, 0.05) is 18.6 Å². The van der Waals surface area contributed by atoms with Crippen LogP contribution in [0.15, 0.2) is 77.2 Å². The highest BCUT2D eigenvalue weighted by Gasteiger charge is 2.19. The molecule has 0 bridgehead atoms. The Morgan fingerprint density at radius 2 is 1.59 bits per heavy atom. The van der Waals surface area contributed by atoms with Gasteiger partial charge >= 0.3 is 0 Å². The lowest BCUT2D eigenvalue weighted by atomic mass is 10.0. The number of H-pyrrole nitrogens is 1. The molecule has 3 N–H and O–H groups in total. The van der Waals surface area contributed by atoms with Gasteiger partial charge in [-0.15, -0.1) is 0 Å². The van der Waals surface area contributed by atoms with Gasteiger partial charge in [-0.25, -0.2) is 13.8 Å². The van der Waals surface area contributed by atoms with E-state index in [1.165, 1.54) is 6.07 Å². The third-order valence-corrected chi connectivity index (χ3v) is 6.11. The highest BCUT2D eigenvalue weighted by atomic mass is 35.5. The van der Waals surface area contributed by atoms with Crippen LogP contribution in [-0.4, -0.2) is 27.0 Å². The van der Waals surface area contributed by atoms with Gasteiger partial charge < -0.3 is 15.1 Å². The highest BCUT2D eigenvalue weighted by molar-refractivity contribution is 6.34. The number of nitrogens with zero attached hydrogens (tertiary/aromatic N) is 2. The molecule has 5 rings (SSSR count). The molecule has 0 aliphatic rings. The Kier molecular flexibility index (Phi) is 7.20. The fourth-order valence-electron chi connectivity index (χ4n) is 3.90. The minimum Gasteiger partial charge on any atom is -0.443 e. The normalized spacial score (nSPS) is 10.9. The SMILES string of the molecule is Cc1nc(-c2ccc(-c3ccccc3)cc2)c(CNC(=O)c2cc(NC(=O)c3cc(F)c(F)cc3Cl)n[nH]2)o1. The molecule has 2 amide bonds. The molecule has 0 saturated carbocycles. The topological polar surface area (TPSA) is 113 Å². The van der Waals surface area contributed by atoms with E-state index in [1.54, 1.807) is 6.92 Å². The summed E-state index contributed by atoms with van der Waals surface area (Å²) < 4.78 is 32.5. The molecule has 0 fully saturated rings. The van der Waals surface area contributed by atoms with Crippen LogP contribution in [0.2, 0.25) is 5.02 Å². The van der Waals surface area contributed by atoms with Crippen molar-refractivity contribution in [2.24, 2.45) is 0 Å². The predicted octanol–water partition coefficient (Wildman–Crippen LogP) is 6.15. The summed E-state index contributed by atoms with van der Waals surface area (Å²) in [6.07, 6.45) is 0. The molecule has 5 aromatic rings. The van der Waals surface area contributed by atoms with Gasteiger partial charge in [-0.05, 0) is 23.3 Å². The van der Waals surface area contributed by atoms with E-state index in [9.17, 15) is 18.4 Å². The molecule has 0 unspecified atom stereocenters. The molecule has 2 heterocycles. The van der Waals surface area contributed by atoms with Crippen molar-refractivity contribution in [1.29, 1.82) is 0 Å². The van der Waals surface area contributed by atoms with Crippen LogP contribution in [0.25, 0.3) is 22.4 Å². The van der Waals surface area contributed by atoms with E-state index in [0.717, 1.165) is 16.7 Å². The molecule has 3 aromatic carbocycles. The maximum atomic E-state index is 13.5. The Hall–Kier alpha value is -4.83. The van der Waals surface area contributed by atoms with Crippen molar-refractivity contribution in [2.75, 3.05) is 5.32 Å². The van der Waals surface area contributed by atoms with Crippen LogP contribution in [0, 0.1) is 18.6 Å². The first-order chi connectivity index (χ1) is 18.8. The zero-order valence-electron chi connectivity index (χ0n) is 20.4. The Labute approximate surface area is 226 Å². The molecule has 0 radical (unpaired) electrons. The van der Waals surface area contributed by atoms with Crippen LogP contribution in [0.5, 0.6) is 0 Å². The van der Waals surface area contributed by atoms with Crippen molar-refractivity contribution in [3.05, 3.63) is 112 Å². The number of benzene rings is 3. The van der Waals surface area contributed by atoms with Crippen LogP contribution < -0.4 is 10.6 Å².